The number of carbonyl (C=O) groups excluding carboxylic acids is 2. The van der Waals surface area contributed by atoms with E-state index in [1.54, 1.807) is 12.1 Å². The molecule has 1 aromatic carbocycles. The molecular formula is C15H17ClNO3-. The van der Waals surface area contributed by atoms with Crippen LogP contribution in [0.5, 0.6) is 0 Å². The molecule has 0 saturated heterocycles. The van der Waals surface area contributed by atoms with E-state index in [-0.39, 0.29) is 5.91 Å². The van der Waals surface area contributed by atoms with Crippen molar-refractivity contribution in [2.24, 2.45) is 11.8 Å². The second-order valence-corrected chi connectivity index (χ2v) is 5.60. The number of rotatable bonds is 4. The lowest BCUT2D eigenvalue weighted by Gasteiger charge is -2.31. The first-order chi connectivity index (χ1) is 9.58. The minimum atomic E-state index is -1.12. The summed E-state index contributed by atoms with van der Waals surface area (Å²) < 4.78 is 0. The average molecular weight is 295 g/mol. The Morgan fingerprint density at radius 1 is 1.25 bits per heavy atom. The Morgan fingerprint density at radius 3 is 2.60 bits per heavy atom. The number of halogens is 1. The molecule has 0 aromatic heterocycles. The van der Waals surface area contributed by atoms with Crippen LogP contribution < -0.4 is 10.4 Å². The number of hydrogen-bond acceptors (Lipinski definition) is 3. The lowest BCUT2D eigenvalue weighted by molar-refractivity contribution is -0.314. The summed E-state index contributed by atoms with van der Waals surface area (Å²) in [6.45, 7) is 0.357. The Hall–Kier alpha value is -1.55. The van der Waals surface area contributed by atoms with Crippen molar-refractivity contribution < 1.29 is 14.7 Å². The van der Waals surface area contributed by atoms with Crippen LogP contribution in [0.15, 0.2) is 24.3 Å². The van der Waals surface area contributed by atoms with Gasteiger partial charge in [0.05, 0.1) is 0 Å². The molecular weight excluding hydrogens is 278 g/mol. The van der Waals surface area contributed by atoms with Crippen LogP contribution >= 0.6 is 11.6 Å². The van der Waals surface area contributed by atoms with E-state index in [1.807, 2.05) is 12.1 Å². The largest absolute Gasteiger partial charge is 0.550 e. The summed E-state index contributed by atoms with van der Waals surface area (Å²) in [5.74, 6) is -2.47. The van der Waals surface area contributed by atoms with Crippen molar-refractivity contribution in [3.05, 3.63) is 34.9 Å². The normalized spacial score (nSPS) is 22.2. The lowest BCUT2D eigenvalue weighted by atomic mass is 9.78. The van der Waals surface area contributed by atoms with Crippen molar-refractivity contribution >= 4 is 23.5 Å². The minimum Gasteiger partial charge on any atom is -0.550 e. The highest BCUT2D eigenvalue weighted by molar-refractivity contribution is 6.30. The third-order valence-electron chi connectivity index (χ3n) is 3.76. The first-order valence-electron chi connectivity index (χ1n) is 6.81. The van der Waals surface area contributed by atoms with E-state index in [2.05, 4.69) is 5.32 Å². The molecule has 1 fully saturated rings. The minimum absolute atomic E-state index is 0.209. The van der Waals surface area contributed by atoms with Crippen molar-refractivity contribution in [1.82, 2.24) is 5.32 Å². The molecule has 1 saturated carbocycles. The van der Waals surface area contributed by atoms with Crippen molar-refractivity contribution in [2.75, 3.05) is 0 Å². The van der Waals surface area contributed by atoms with Gasteiger partial charge in [-0.2, -0.15) is 0 Å². The van der Waals surface area contributed by atoms with Gasteiger partial charge in [-0.25, -0.2) is 0 Å². The Labute approximate surface area is 123 Å². The molecule has 2 rings (SSSR count). The third-order valence-corrected chi connectivity index (χ3v) is 4.00. The molecule has 1 N–H and O–H groups in total. The molecule has 108 valence electrons. The van der Waals surface area contributed by atoms with Gasteiger partial charge in [0.1, 0.15) is 0 Å². The van der Waals surface area contributed by atoms with Crippen LogP contribution in [0.4, 0.5) is 0 Å². The Balaban J connectivity index is 1.95. The van der Waals surface area contributed by atoms with Gasteiger partial charge in [0.25, 0.3) is 0 Å². The number of nitrogens with one attached hydrogen (secondary N) is 1. The van der Waals surface area contributed by atoms with Crippen LogP contribution in [0.3, 0.4) is 0 Å². The number of amides is 1. The van der Waals surface area contributed by atoms with Crippen LogP contribution in [-0.4, -0.2) is 11.9 Å². The van der Waals surface area contributed by atoms with Gasteiger partial charge in [-0.15, -0.1) is 0 Å². The van der Waals surface area contributed by atoms with Gasteiger partial charge < -0.3 is 15.2 Å². The third kappa shape index (κ3) is 3.73. The number of carboxylic acids is 1. The molecule has 1 aliphatic rings. The topological polar surface area (TPSA) is 69.2 Å². The summed E-state index contributed by atoms with van der Waals surface area (Å²) in [6, 6.07) is 7.22. The standard InChI is InChI=1S/C15H18ClNO3/c16-11-5-3-4-10(8-11)9-17-14(18)12-6-1-2-7-13(12)15(19)20/h3-5,8,12-13H,1-2,6-7,9H2,(H,17,18)(H,19,20)/p-1/t12-,13-/m1/s1. The van der Waals surface area contributed by atoms with E-state index in [4.69, 9.17) is 11.6 Å². The fraction of sp³-hybridized carbons (Fsp3) is 0.467. The molecule has 5 heteroatoms. The maximum Gasteiger partial charge on any atom is 0.224 e. The fourth-order valence-electron chi connectivity index (χ4n) is 2.69. The zero-order chi connectivity index (χ0) is 14.5. The van der Waals surface area contributed by atoms with Gasteiger partial charge in [-0.05, 0) is 30.5 Å². The van der Waals surface area contributed by atoms with E-state index in [0.717, 1.165) is 18.4 Å². The maximum absolute atomic E-state index is 12.1. The molecule has 1 aromatic rings. The van der Waals surface area contributed by atoms with Crippen LogP contribution in [0, 0.1) is 11.8 Å². The van der Waals surface area contributed by atoms with E-state index >= 15 is 0 Å². The summed E-state index contributed by atoms with van der Waals surface area (Å²) in [4.78, 5) is 23.2. The van der Waals surface area contributed by atoms with Gasteiger partial charge in [-0.1, -0.05) is 36.6 Å². The van der Waals surface area contributed by atoms with E-state index in [0.29, 0.717) is 24.4 Å². The predicted octanol–water partition coefficient (Wildman–Crippen LogP) is 1.51. The fourth-order valence-corrected chi connectivity index (χ4v) is 2.91. The van der Waals surface area contributed by atoms with Gasteiger partial charge in [0.15, 0.2) is 0 Å². The summed E-state index contributed by atoms with van der Waals surface area (Å²) in [6.07, 6.45) is 2.87. The molecule has 0 spiro atoms. The van der Waals surface area contributed by atoms with Crippen molar-refractivity contribution in [2.45, 2.75) is 32.2 Å². The molecule has 0 radical (unpaired) electrons. The molecule has 20 heavy (non-hydrogen) atoms. The molecule has 4 nitrogen and oxygen atoms in total. The molecule has 0 heterocycles. The van der Waals surface area contributed by atoms with E-state index < -0.39 is 17.8 Å². The highest BCUT2D eigenvalue weighted by atomic mass is 35.5. The van der Waals surface area contributed by atoms with Crippen LogP contribution in [0.1, 0.15) is 31.2 Å². The zero-order valence-electron chi connectivity index (χ0n) is 11.1. The molecule has 1 aliphatic carbocycles. The molecule has 0 aliphatic heterocycles. The van der Waals surface area contributed by atoms with Crippen molar-refractivity contribution in [3.8, 4) is 0 Å². The summed E-state index contributed by atoms with van der Waals surface area (Å²) >= 11 is 5.87. The molecule has 0 bridgehead atoms. The highest BCUT2D eigenvalue weighted by Gasteiger charge is 2.31. The van der Waals surface area contributed by atoms with Crippen molar-refractivity contribution in [3.63, 3.8) is 0 Å². The quantitative estimate of drug-likeness (QED) is 0.915. The van der Waals surface area contributed by atoms with E-state index in [1.165, 1.54) is 0 Å². The lowest BCUT2D eigenvalue weighted by Crippen LogP contribution is -2.44. The summed E-state index contributed by atoms with van der Waals surface area (Å²) in [7, 11) is 0. The summed E-state index contributed by atoms with van der Waals surface area (Å²) in [5.41, 5.74) is 0.895. The number of aliphatic carboxylic acids is 1. The first-order valence-corrected chi connectivity index (χ1v) is 7.18. The molecule has 0 unspecified atom stereocenters. The van der Waals surface area contributed by atoms with Gasteiger partial charge in [-0.3, -0.25) is 4.79 Å². The number of hydrogen-bond donors (Lipinski definition) is 1. The van der Waals surface area contributed by atoms with Crippen molar-refractivity contribution in [1.29, 1.82) is 0 Å². The van der Waals surface area contributed by atoms with E-state index in [9.17, 15) is 14.7 Å². The summed E-state index contributed by atoms with van der Waals surface area (Å²) in [5, 5.41) is 14.5. The SMILES string of the molecule is O=C([O-])[C@@H]1CCCC[C@H]1C(=O)NCc1cccc(Cl)c1. The zero-order valence-corrected chi connectivity index (χ0v) is 11.9. The number of carboxylic acid groups (broad SMARTS) is 1. The average Bonchev–Trinajstić information content (AvgIpc) is 2.45. The molecule has 2 atom stereocenters. The Bertz CT molecular complexity index is 504. The Morgan fingerprint density at radius 2 is 1.95 bits per heavy atom. The Kier molecular flexibility index (Phi) is 5.01. The number of carbonyl (C=O) groups is 2. The second kappa shape index (κ2) is 6.75. The first kappa shape index (κ1) is 14.9. The predicted molar refractivity (Wildman–Crippen MR) is 73.8 cm³/mol. The second-order valence-electron chi connectivity index (χ2n) is 5.16. The van der Waals surface area contributed by atoms with Gasteiger partial charge in [0, 0.05) is 29.4 Å². The van der Waals surface area contributed by atoms with Crippen LogP contribution in [0.25, 0.3) is 0 Å². The van der Waals surface area contributed by atoms with Gasteiger partial charge >= 0.3 is 0 Å². The smallest absolute Gasteiger partial charge is 0.224 e. The monoisotopic (exact) mass is 294 g/mol. The number of benzene rings is 1. The van der Waals surface area contributed by atoms with Crippen LogP contribution in [-0.2, 0) is 16.1 Å². The molecule has 1 amide bonds. The van der Waals surface area contributed by atoms with Gasteiger partial charge in [0.2, 0.25) is 5.91 Å². The maximum atomic E-state index is 12.1. The highest BCUT2D eigenvalue weighted by Crippen LogP contribution is 2.29. The van der Waals surface area contributed by atoms with Crippen LogP contribution in [0.2, 0.25) is 5.02 Å².